The largest absolute Gasteiger partial charge is 0.461 e. The number of esters is 1. The van der Waals surface area contributed by atoms with Crippen LogP contribution in [0.25, 0.3) is 33.1 Å². The van der Waals surface area contributed by atoms with Crippen LogP contribution in [0.2, 0.25) is 0 Å². The lowest BCUT2D eigenvalue weighted by Crippen LogP contribution is -2.09. The van der Waals surface area contributed by atoms with Crippen molar-refractivity contribution < 1.29 is 9.53 Å². The van der Waals surface area contributed by atoms with Crippen molar-refractivity contribution in [1.29, 1.82) is 0 Å². The Morgan fingerprint density at radius 2 is 1.87 bits per heavy atom. The molecular weight excluding hydrogens is 372 g/mol. The van der Waals surface area contributed by atoms with Crippen LogP contribution in [0.4, 0.5) is 0 Å². The van der Waals surface area contributed by atoms with Crippen molar-refractivity contribution in [3.05, 3.63) is 65.4 Å². The summed E-state index contributed by atoms with van der Waals surface area (Å²) in [5.74, 6) is -0.367. The minimum atomic E-state index is -0.367. The number of hydrogen-bond acceptors (Lipinski definition) is 3. The molecule has 152 valence electrons. The third-order valence-corrected chi connectivity index (χ3v) is 6.08. The van der Waals surface area contributed by atoms with E-state index in [4.69, 9.17) is 9.72 Å². The normalized spacial score (nSPS) is 13.9. The lowest BCUT2D eigenvalue weighted by atomic mass is 10.0. The second kappa shape index (κ2) is 7.60. The fourth-order valence-corrected chi connectivity index (χ4v) is 4.67. The highest BCUT2D eigenvalue weighted by Gasteiger charge is 2.22. The summed E-state index contributed by atoms with van der Waals surface area (Å²) in [6.07, 6.45) is 4.69. The van der Waals surface area contributed by atoms with Crippen LogP contribution in [0.3, 0.4) is 0 Å². The lowest BCUT2D eigenvalue weighted by Gasteiger charge is -2.16. The van der Waals surface area contributed by atoms with Gasteiger partial charge in [-0.25, -0.2) is 9.78 Å². The number of carbonyl (C=O) groups excluding carboxylic acids is 1. The highest BCUT2D eigenvalue weighted by molar-refractivity contribution is 6.14. The molecule has 0 unspecified atom stereocenters. The van der Waals surface area contributed by atoms with E-state index < -0.39 is 0 Å². The maximum atomic E-state index is 12.6. The first-order chi connectivity index (χ1) is 14.7. The van der Waals surface area contributed by atoms with Crippen LogP contribution in [-0.4, -0.2) is 22.1 Å². The molecule has 0 saturated carbocycles. The molecule has 0 saturated heterocycles. The summed E-state index contributed by atoms with van der Waals surface area (Å²) in [4.78, 5) is 17.5. The molecule has 2 aromatic heterocycles. The summed E-state index contributed by atoms with van der Waals surface area (Å²) < 4.78 is 7.74. The van der Waals surface area contributed by atoms with Gasteiger partial charge >= 0.3 is 5.97 Å². The van der Waals surface area contributed by atoms with Gasteiger partial charge in [-0.1, -0.05) is 54.4 Å². The first-order valence-electron chi connectivity index (χ1n) is 10.9. The number of aryl methyl sites for hydroxylation is 3. The van der Waals surface area contributed by atoms with E-state index in [1.165, 1.54) is 34.9 Å². The molecule has 30 heavy (non-hydrogen) atoms. The summed E-state index contributed by atoms with van der Waals surface area (Å²) in [6, 6.07) is 16.9. The maximum Gasteiger partial charge on any atom is 0.356 e. The first-order valence-corrected chi connectivity index (χ1v) is 10.9. The predicted molar refractivity (Wildman–Crippen MR) is 121 cm³/mol. The van der Waals surface area contributed by atoms with Crippen LogP contribution >= 0.6 is 0 Å². The van der Waals surface area contributed by atoms with E-state index in [2.05, 4.69) is 54.0 Å². The summed E-state index contributed by atoms with van der Waals surface area (Å²) in [6.45, 7) is 5.21. The third-order valence-electron chi connectivity index (χ3n) is 6.08. The maximum absolute atomic E-state index is 12.6. The minimum absolute atomic E-state index is 0.338. The lowest BCUT2D eigenvalue weighted by molar-refractivity contribution is 0.0520. The Morgan fingerprint density at radius 3 is 2.67 bits per heavy atom. The molecule has 0 radical (unpaired) electrons. The van der Waals surface area contributed by atoms with Gasteiger partial charge in [-0.15, -0.1) is 0 Å². The molecule has 3 heterocycles. The number of nitrogens with zero attached hydrogens (tertiary/aromatic N) is 2. The Labute approximate surface area is 176 Å². The van der Waals surface area contributed by atoms with E-state index in [0.717, 1.165) is 41.5 Å². The van der Waals surface area contributed by atoms with Crippen LogP contribution in [-0.2, 0) is 17.7 Å². The van der Waals surface area contributed by atoms with E-state index >= 15 is 0 Å². The average Bonchev–Trinajstić information content (AvgIpc) is 3.06. The molecule has 0 amide bonds. The van der Waals surface area contributed by atoms with Crippen LogP contribution in [0.15, 0.2) is 48.5 Å². The van der Waals surface area contributed by atoms with Gasteiger partial charge in [0.25, 0.3) is 0 Å². The molecule has 0 N–H and O–H groups in total. The summed E-state index contributed by atoms with van der Waals surface area (Å²) in [5.41, 5.74) is 7.27. The number of para-hydroxylation sites is 1. The van der Waals surface area contributed by atoms with Crippen molar-refractivity contribution in [3.8, 4) is 11.3 Å². The quantitative estimate of drug-likeness (QED) is 0.394. The summed E-state index contributed by atoms with van der Waals surface area (Å²) >= 11 is 0. The van der Waals surface area contributed by atoms with Crippen LogP contribution in [0.5, 0.6) is 0 Å². The molecule has 4 heteroatoms. The summed E-state index contributed by atoms with van der Waals surface area (Å²) in [7, 11) is 0. The molecule has 1 aliphatic heterocycles. The molecule has 1 aliphatic rings. The monoisotopic (exact) mass is 398 g/mol. The Bertz CT molecular complexity index is 1250. The number of fused-ring (bicyclic) bond motifs is 3. The summed E-state index contributed by atoms with van der Waals surface area (Å²) in [5, 5.41) is 2.29. The number of pyridine rings is 1. The molecule has 5 rings (SSSR count). The topological polar surface area (TPSA) is 44.1 Å². The van der Waals surface area contributed by atoms with Gasteiger partial charge < -0.3 is 9.30 Å². The van der Waals surface area contributed by atoms with Crippen LogP contribution < -0.4 is 0 Å². The van der Waals surface area contributed by atoms with Gasteiger partial charge in [-0.05, 0) is 44.7 Å². The zero-order valence-electron chi connectivity index (χ0n) is 17.6. The standard InChI is InChI=1S/C26H26N2O2/c1-3-30-26(29)22-16-21-20-10-7-9-19-8-5-4-6-15-28(24(19)20)25(21)23(27-22)18-13-11-17(2)12-14-18/h7,9-14,16H,3-6,8,15H2,1-2H3. The number of hydrogen-bond donors (Lipinski definition) is 0. The molecule has 4 aromatic rings. The van der Waals surface area contributed by atoms with Crippen molar-refractivity contribution in [2.24, 2.45) is 0 Å². The van der Waals surface area contributed by atoms with Gasteiger partial charge in [0.1, 0.15) is 5.69 Å². The zero-order valence-corrected chi connectivity index (χ0v) is 17.6. The minimum Gasteiger partial charge on any atom is -0.461 e. The van der Waals surface area contributed by atoms with Crippen LogP contribution in [0.1, 0.15) is 47.8 Å². The van der Waals surface area contributed by atoms with Crippen LogP contribution in [0, 0.1) is 6.92 Å². The number of benzene rings is 2. The van der Waals surface area contributed by atoms with Gasteiger partial charge in [0.05, 0.1) is 23.3 Å². The molecule has 0 aliphatic carbocycles. The van der Waals surface area contributed by atoms with Gasteiger partial charge in [0.2, 0.25) is 0 Å². The molecule has 4 nitrogen and oxygen atoms in total. The Kier molecular flexibility index (Phi) is 4.78. The number of carbonyl (C=O) groups is 1. The molecular formula is C26H26N2O2. The van der Waals surface area contributed by atoms with Crippen molar-refractivity contribution in [2.75, 3.05) is 6.61 Å². The van der Waals surface area contributed by atoms with Gasteiger partial charge in [-0.3, -0.25) is 0 Å². The molecule has 0 spiro atoms. The van der Waals surface area contributed by atoms with Crippen molar-refractivity contribution in [2.45, 2.75) is 46.1 Å². The number of ether oxygens (including phenoxy) is 1. The molecule has 0 bridgehead atoms. The average molecular weight is 399 g/mol. The van der Waals surface area contributed by atoms with E-state index in [1.54, 1.807) is 0 Å². The highest BCUT2D eigenvalue weighted by Crippen LogP contribution is 2.38. The Morgan fingerprint density at radius 1 is 1.03 bits per heavy atom. The predicted octanol–water partition coefficient (Wildman–Crippen LogP) is 6.07. The second-order valence-corrected chi connectivity index (χ2v) is 8.11. The molecule has 0 atom stereocenters. The van der Waals surface area contributed by atoms with Crippen molar-refractivity contribution in [1.82, 2.24) is 9.55 Å². The molecule has 2 aromatic carbocycles. The van der Waals surface area contributed by atoms with E-state index in [1.807, 2.05) is 13.0 Å². The Hall–Kier alpha value is -3.14. The van der Waals surface area contributed by atoms with Crippen molar-refractivity contribution >= 4 is 27.8 Å². The molecule has 0 fully saturated rings. The van der Waals surface area contributed by atoms with E-state index in [9.17, 15) is 4.79 Å². The number of rotatable bonds is 3. The van der Waals surface area contributed by atoms with Gasteiger partial charge in [-0.2, -0.15) is 0 Å². The highest BCUT2D eigenvalue weighted by atomic mass is 16.5. The smallest absolute Gasteiger partial charge is 0.356 e. The fraction of sp³-hybridized carbons (Fsp3) is 0.308. The first kappa shape index (κ1) is 18.9. The number of aromatic nitrogens is 2. The van der Waals surface area contributed by atoms with Gasteiger partial charge in [0.15, 0.2) is 0 Å². The van der Waals surface area contributed by atoms with Crippen molar-refractivity contribution in [3.63, 3.8) is 0 Å². The van der Waals surface area contributed by atoms with Gasteiger partial charge in [0, 0.05) is 22.9 Å². The fourth-order valence-electron chi connectivity index (χ4n) is 4.67. The zero-order chi connectivity index (χ0) is 20.7. The van der Waals surface area contributed by atoms with E-state index in [0.29, 0.717) is 12.3 Å². The Balaban J connectivity index is 1.90. The third kappa shape index (κ3) is 3.07. The van der Waals surface area contributed by atoms with E-state index in [-0.39, 0.29) is 5.97 Å². The second-order valence-electron chi connectivity index (χ2n) is 8.11. The SMILES string of the molecule is CCOC(=O)c1cc2c3cccc4c3n(c2c(-c2ccc(C)cc2)n1)CCCCC4.